The van der Waals surface area contributed by atoms with Gasteiger partial charge in [-0.2, -0.15) is 0 Å². The quantitative estimate of drug-likeness (QED) is 0.801. The molecule has 1 aromatic carbocycles. The molecule has 1 aliphatic heterocycles. The maximum Gasteiger partial charge on any atom is 0.224 e. The van der Waals surface area contributed by atoms with Gasteiger partial charge in [0.2, 0.25) is 5.91 Å². The second-order valence-electron chi connectivity index (χ2n) is 4.33. The number of hydrogen-bond donors (Lipinski definition) is 2. The predicted octanol–water partition coefficient (Wildman–Crippen LogP) is 0.593. The Hall–Kier alpha value is -1.39. The Labute approximate surface area is 101 Å². The summed E-state index contributed by atoms with van der Waals surface area (Å²) in [6.45, 7) is 1.92. The van der Waals surface area contributed by atoms with Gasteiger partial charge in [-0.15, -0.1) is 0 Å². The van der Waals surface area contributed by atoms with Gasteiger partial charge in [0.1, 0.15) is 0 Å². The van der Waals surface area contributed by atoms with Crippen LogP contribution in [-0.4, -0.2) is 25.2 Å². The molecular weight excluding hydrogens is 216 g/mol. The molecule has 0 saturated carbocycles. The molecule has 1 fully saturated rings. The molecule has 1 atom stereocenters. The highest BCUT2D eigenvalue weighted by Gasteiger charge is 2.17. The number of nitrogens with two attached hydrogens (primary N) is 1. The van der Waals surface area contributed by atoms with Crippen molar-refractivity contribution >= 4 is 5.91 Å². The van der Waals surface area contributed by atoms with Crippen LogP contribution in [-0.2, 0) is 22.5 Å². The lowest BCUT2D eigenvalue weighted by atomic mass is 10.1. The van der Waals surface area contributed by atoms with Crippen molar-refractivity contribution < 1.29 is 9.53 Å². The molecule has 0 bridgehead atoms. The third-order valence-corrected chi connectivity index (χ3v) is 2.92. The van der Waals surface area contributed by atoms with Crippen LogP contribution in [0.25, 0.3) is 0 Å². The van der Waals surface area contributed by atoms with E-state index in [0.29, 0.717) is 19.6 Å². The van der Waals surface area contributed by atoms with E-state index >= 15 is 0 Å². The van der Waals surface area contributed by atoms with E-state index in [1.165, 1.54) is 0 Å². The predicted molar refractivity (Wildman–Crippen MR) is 65.4 cm³/mol. The third-order valence-electron chi connectivity index (χ3n) is 2.92. The maximum atomic E-state index is 11.7. The summed E-state index contributed by atoms with van der Waals surface area (Å²) in [7, 11) is 0. The van der Waals surface area contributed by atoms with Crippen molar-refractivity contribution in [3.05, 3.63) is 35.4 Å². The van der Waals surface area contributed by atoms with Gasteiger partial charge in [0.25, 0.3) is 0 Å². The molecule has 1 heterocycles. The summed E-state index contributed by atoms with van der Waals surface area (Å²) >= 11 is 0. The molecule has 0 radical (unpaired) electrons. The average molecular weight is 234 g/mol. The number of ether oxygens (including phenoxy) is 1. The first-order chi connectivity index (χ1) is 8.28. The molecule has 17 heavy (non-hydrogen) atoms. The largest absolute Gasteiger partial charge is 0.379 e. The second-order valence-corrected chi connectivity index (χ2v) is 4.33. The number of benzene rings is 1. The maximum absolute atomic E-state index is 11.7. The zero-order valence-corrected chi connectivity index (χ0v) is 9.82. The molecule has 0 spiro atoms. The van der Waals surface area contributed by atoms with E-state index in [0.717, 1.165) is 24.2 Å². The molecule has 1 aliphatic rings. The monoisotopic (exact) mass is 234 g/mol. The van der Waals surface area contributed by atoms with Gasteiger partial charge in [-0.1, -0.05) is 24.3 Å². The van der Waals surface area contributed by atoms with Crippen LogP contribution >= 0.6 is 0 Å². The highest BCUT2D eigenvalue weighted by molar-refractivity contribution is 5.78. The van der Waals surface area contributed by atoms with Crippen molar-refractivity contribution in [3.8, 4) is 0 Å². The van der Waals surface area contributed by atoms with Gasteiger partial charge < -0.3 is 15.8 Å². The van der Waals surface area contributed by atoms with E-state index in [1.807, 2.05) is 24.3 Å². The smallest absolute Gasteiger partial charge is 0.224 e. The lowest BCUT2D eigenvalue weighted by molar-refractivity contribution is -0.121. The third kappa shape index (κ3) is 3.54. The van der Waals surface area contributed by atoms with E-state index in [1.54, 1.807) is 0 Å². The average Bonchev–Trinajstić information content (AvgIpc) is 2.82. The molecule has 4 heteroatoms. The Balaban J connectivity index is 1.84. The SMILES string of the molecule is NCc1ccc(CC(=O)NC2CCOC2)cc1. The number of nitrogens with one attached hydrogen (secondary N) is 1. The highest BCUT2D eigenvalue weighted by Crippen LogP contribution is 2.06. The normalized spacial score (nSPS) is 19.2. The first kappa shape index (κ1) is 12.1. The van der Waals surface area contributed by atoms with Gasteiger partial charge >= 0.3 is 0 Å². The summed E-state index contributed by atoms with van der Waals surface area (Å²) in [6, 6.07) is 8.01. The van der Waals surface area contributed by atoms with Crippen LogP contribution in [0.1, 0.15) is 17.5 Å². The van der Waals surface area contributed by atoms with Crippen LogP contribution in [0.3, 0.4) is 0 Å². The standard InChI is InChI=1S/C13H18N2O2/c14-8-11-3-1-10(2-4-11)7-13(16)15-12-5-6-17-9-12/h1-4,12H,5-9,14H2,(H,15,16). The Morgan fingerprint density at radius 3 is 2.65 bits per heavy atom. The lowest BCUT2D eigenvalue weighted by Gasteiger charge is -2.10. The lowest BCUT2D eigenvalue weighted by Crippen LogP contribution is -2.36. The first-order valence-electron chi connectivity index (χ1n) is 5.93. The summed E-state index contributed by atoms with van der Waals surface area (Å²) in [5, 5.41) is 2.97. The first-order valence-corrected chi connectivity index (χ1v) is 5.93. The molecule has 0 aliphatic carbocycles. The molecule has 1 unspecified atom stereocenters. The fraction of sp³-hybridized carbons (Fsp3) is 0.462. The zero-order chi connectivity index (χ0) is 12.1. The Morgan fingerprint density at radius 2 is 2.06 bits per heavy atom. The molecule has 1 saturated heterocycles. The Kier molecular flexibility index (Phi) is 4.12. The van der Waals surface area contributed by atoms with E-state index < -0.39 is 0 Å². The number of amides is 1. The molecule has 2 rings (SSSR count). The molecule has 92 valence electrons. The van der Waals surface area contributed by atoms with Gasteiger partial charge in [0.05, 0.1) is 19.1 Å². The van der Waals surface area contributed by atoms with E-state index in [2.05, 4.69) is 5.32 Å². The molecular formula is C13H18N2O2. The summed E-state index contributed by atoms with van der Waals surface area (Å²) < 4.78 is 5.21. The van der Waals surface area contributed by atoms with Gasteiger partial charge in [-0.05, 0) is 17.5 Å². The van der Waals surface area contributed by atoms with E-state index in [4.69, 9.17) is 10.5 Å². The minimum absolute atomic E-state index is 0.0565. The van der Waals surface area contributed by atoms with Crippen molar-refractivity contribution in [2.24, 2.45) is 5.73 Å². The van der Waals surface area contributed by atoms with E-state index in [9.17, 15) is 4.79 Å². The van der Waals surface area contributed by atoms with Crippen LogP contribution in [0.2, 0.25) is 0 Å². The van der Waals surface area contributed by atoms with Crippen LogP contribution in [0.4, 0.5) is 0 Å². The summed E-state index contributed by atoms with van der Waals surface area (Å²) in [5.41, 5.74) is 7.61. The molecule has 0 aromatic heterocycles. The van der Waals surface area contributed by atoms with Crippen LogP contribution in [0.5, 0.6) is 0 Å². The molecule has 3 N–H and O–H groups in total. The molecule has 1 amide bonds. The second kappa shape index (κ2) is 5.80. The van der Waals surface area contributed by atoms with Crippen LogP contribution < -0.4 is 11.1 Å². The van der Waals surface area contributed by atoms with Crippen molar-refractivity contribution in [3.63, 3.8) is 0 Å². The van der Waals surface area contributed by atoms with E-state index in [-0.39, 0.29) is 11.9 Å². The fourth-order valence-electron chi connectivity index (χ4n) is 1.91. The van der Waals surface area contributed by atoms with Crippen molar-refractivity contribution in [1.29, 1.82) is 0 Å². The van der Waals surface area contributed by atoms with Gasteiger partial charge in [0, 0.05) is 13.2 Å². The van der Waals surface area contributed by atoms with Crippen LogP contribution in [0.15, 0.2) is 24.3 Å². The van der Waals surface area contributed by atoms with Crippen LogP contribution in [0, 0.1) is 0 Å². The van der Waals surface area contributed by atoms with Crippen molar-refractivity contribution in [2.75, 3.05) is 13.2 Å². The summed E-state index contributed by atoms with van der Waals surface area (Å²) in [4.78, 5) is 11.7. The molecule has 4 nitrogen and oxygen atoms in total. The highest BCUT2D eigenvalue weighted by atomic mass is 16.5. The number of rotatable bonds is 4. The Bertz CT molecular complexity index is 370. The van der Waals surface area contributed by atoms with Crippen molar-refractivity contribution in [2.45, 2.75) is 25.4 Å². The minimum Gasteiger partial charge on any atom is -0.379 e. The summed E-state index contributed by atoms with van der Waals surface area (Å²) in [5.74, 6) is 0.0565. The fourth-order valence-corrected chi connectivity index (χ4v) is 1.91. The zero-order valence-electron chi connectivity index (χ0n) is 9.82. The minimum atomic E-state index is 0.0565. The number of carbonyl (C=O) groups is 1. The molecule has 1 aromatic rings. The number of hydrogen-bond acceptors (Lipinski definition) is 3. The number of carbonyl (C=O) groups excluding carboxylic acids is 1. The topological polar surface area (TPSA) is 64.4 Å². The van der Waals surface area contributed by atoms with Gasteiger partial charge in [-0.25, -0.2) is 0 Å². The summed E-state index contributed by atoms with van der Waals surface area (Å²) in [6.07, 6.45) is 1.33. The van der Waals surface area contributed by atoms with Crippen molar-refractivity contribution in [1.82, 2.24) is 5.32 Å². The van der Waals surface area contributed by atoms with Gasteiger partial charge in [0.15, 0.2) is 0 Å². The Morgan fingerprint density at radius 1 is 1.35 bits per heavy atom. The van der Waals surface area contributed by atoms with Gasteiger partial charge in [-0.3, -0.25) is 4.79 Å².